The van der Waals surface area contributed by atoms with E-state index < -0.39 is 10.0 Å². The minimum absolute atomic E-state index is 0.288. The van der Waals surface area contributed by atoms with Gasteiger partial charge in [-0.1, -0.05) is 6.07 Å². The monoisotopic (exact) mass is 328 g/mol. The molecular formula is C16H16N4O2S. The second kappa shape index (κ2) is 5.06. The van der Waals surface area contributed by atoms with Crippen molar-refractivity contribution in [1.29, 1.82) is 0 Å². The van der Waals surface area contributed by atoms with E-state index in [2.05, 4.69) is 14.9 Å². The first kappa shape index (κ1) is 14.2. The van der Waals surface area contributed by atoms with Crippen LogP contribution in [0.25, 0.3) is 5.65 Å². The maximum Gasteiger partial charge on any atom is 0.262 e. The van der Waals surface area contributed by atoms with Gasteiger partial charge in [-0.05, 0) is 61.6 Å². The summed E-state index contributed by atoms with van der Waals surface area (Å²) in [5.74, 6) is 0.707. The van der Waals surface area contributed by atoms with Gasteiger partial charge in [-0.15, -0.1) is 10.2 Å². The number of fused-ring (bicyclic) bond motifs is 2. The van der Waals surface area contributed by atoms with Crippen LogP contribution in [0.3, 0.4) is 0 Å². The van der Waals surface area contributed by atoms with Crippen molar-refractivity contribution in [3.8, 4) is 0 Å². The number of hydrogen-bond acceptors (Lipinski definition) is 4. The number of aryl methyl sites for hydroxylation is 3. The van der Waals surface area contributed by atoms with Crippen molar-refractivity contribution >= 4 is 21.4 Å². The molecule has 0 radical (unpaired) electrons. The molecule has 1 aliphatic carbocycles. The van der Waals surface area contributed by atoms with Gasteiger partial charge in [-0.3, -0.25) is 9.12 Å². The normalized spacial score (nSPS) is 14.1. The molecule has 0 saturated carbocycles. The Labute approximate surface area is 134 Å². The molecule has 0 atom stereocenters. The molecule has 3 aromatic rings. The van der Waals surface area contributed by atoms with Crippen molar-refractivity contribution in [3.63, 3.8) is 0 Å². The van der Waals surface area contributed by atoms with Gasteiger partial charge in [0.1, 0.15) is 5.82 Å². The number of rotatable bonds is 3. The van der Waals surface area contributed by atoms with Crippen LogP contribution in [0.15, 0.2) is 41.4 Å². The second-order valence-electron chi connectivity index (χ2n) is 5.75. The minimum Gasteiger partial charge on any atom is -0.285 e. The first-order valence-electron chi connectivity index (χ1n) is 7.49. The lowest BCUT2D eigenvalue weighted by molar-refractivity contribution is 0.601. The van der Waals surface area contributed by atoms with Gasteiger partial charge in [-0.2, -0.15) is 0 Å². The van der Waals surface area contributed by atoms with Crippen LogP contribution in [0.5, 0.6) is 0 Å². The van der Waals surface area contributed by atoms with Crippen LogP contribution in [0, 0.1) is 6.92 Å². The third-order valence-electron chi connectivity index (χ3n) is 4.23. The van der Waals surface area contributed by atoms with E-state index in [1.54, 1.807) is 34.9 Å². The van der Waals surface area contributed by atoms with Crippen LogP contribution in [0.1, 0.15) is 23.4 Å². The molecule has 6 nitrogen and oxygen atoms in total. The third-order valence-corrected chi connectivity index (χ3v) is 5.59. The highest BCUT2D eigenvalue weighted by Gasteiger charge is 2.20. The van der Waals surface area contributed by atoms with Crippen molar-refractivity contribution in [2.45, 2.75) is 31.1 Å². The Morgan fingerprint density at radius 1 is 1.13 bits per heavy atom. The van der Waals surface area contributed by atoms with E-state index in [1.165, 1.54) is 5.56 Å². The van der Waals surface area contributed by atoms with Gasteiger partial charge < -0.3 is 0 Å². The summed E-state index contributed by atoms with van der Waals surface area (Å²) >= 11 is 0. The highest BCUT2D eigenvalue weighted by Crippen LogP contribution is 2.26. The predicted octanol–water partition coefficient (Wildman–Crippen LogP) is 2.33. The van der Waals surface area contributed by atoms with Gasteiger partial charge in [0.2, 0.25) is 0 Å². The highest BCUT2D eigenvalue weighted by atomic mass is 32.2. The molecule has 2 aromatic heterocycles. The zero-order chi connectivity index (χ0) is 16.0. The van der Waals surface area contributed by atoms with Crippen molar-refractivity contribution < 1.29 is 8.42 Å². The summed E-state index contributed by atoms with van der Waals surface area (Å²) in [6.07, 6.45) is 4.86. The quantitative estimate of drug-likeness (QED) is 0.800. The topological polar surface area (TPSA) is 76.4 Å². The zero-order valence-electron chi connectivity index (χ0n) is 12.7. The molecule has 4 rings (SSSR count). The molecule has 118 valence electrons. The molecule has 0 amide bonds. The smallest absolute Gasteiger partial charge is 0.262 e. The van der Waals surface area contributed by atoms with Gasteiger partial charge in [0.15, 0.2) is 5.65 Å². The Bertz CT molecular complexity index is 1010. The minimum atomic E-state index is -3.65. The molecule has 1 N–H and O–H groups in total. The largest absolute Gasteiger partial charge is 0.285 e. The SMILES string of the molecule is Cc1nnc2c(NS(=O)(=O)c3ccc4c(c3)CCC4)cccn12. The maximum atomic E-state index is 12.7. The first-order chi connectivity index (χ1) is 11.0. The highest BCUT2D eigenvalue weighted by molar-refractivity contribution is 7.92. The molecular weight excluding hydrogens is 312 g/mol. The van der Waals surface area contributed by atoms with Crippen LogP contribution in [-0.4, -0.2) is 23.0 Å². The molecule has 0 fully saturated rings. The fourth-order valence-electron chi connectivity index (χ4n) is 3.03. The Morgan fingerprint density at radius 2 is 1.96 bits per heavy atom. The zero-order valence-corrected chi connectivity index (χ0v) is 13.5. The molecule has 1 aliphatic rings. The van der Waals surface area contributed by atoms with E-state index in [0.717, 1.165) is 24.8 Å². The van der Waals surface area contributed by atoms with Crippen molar-refractivity contribution in [1.82, 2.24) is 14.6 Å². The molecule has 0 spiro atoms. The Kier molecular flexibility index (Phi) is 3.12. The fourth-order valence-corrected chi connectivity index (χ4v) is 4.14. The Morgan fingerprint density at radius 3 is 2.83 bits per heavy atom. The molecule has 2 heterocycles. The molecule has 23 heavy (non-hydrogen) atoms. The first-order valence-corrected chi connectivity index (χ1v) is 8.98. The predicted molar refractivity (Wildman–Crippen MR) is 87.0 cm³/mol. The van der Waals surface area contributed by atoms with Gasteiger partial charge in [0.25, 0.3) is 10.0 Å². The number of hydrogen-bond donors (Lipinski definition) is 1. The molecule has 0 unspecified atom stereocenters. The van der Waals surface area contributed by atoms with Gasteiger partial charge in [0.05, 0.1) is 10.6 Å². The van der Waals surface area contributed by atoms with Gasteiger partial charge in [0, 0.05) is 6.20 Å². The van der Waals surface area contributed by atoms with Crippen molar-refractivity contribution in [2.75, 3.05) is 4.72 Å². The van der Waals surface area contributed by atoms with E-state index in [0.29, 0.717) is 17.2 Å². The van der Waals surface area contributed by atoms with Gasteiger partial charge >= 0.3 is 0 Å². The summed E-state index contributed by atoms with van der Waals surface area (Å²) in [6, 6.07) is 8.82. The molecule has 1 aromatic carbocycles. The number of sulfonamides is 1. The van der Waals surface area contributed by atoms with Crippen LogP contribution in [0.4, 0.5) is 5.69 Å². The molecule has 7 heteroatoms. The number of aromatic nitrogens is 3. The molecule has 0 aliphatic heterocycles. The average molecular weight is 328 g/mol. The third kappa shape index (κ3) is 2.37. The van der Waals surface area contributed by atoms with Crippen molar-refractivity contribution in [2.24, 2.45) is 0 Å². The number of pyridine rings is 1. The second-order valence-corrected chi connectivity index (χ2v) is 7.43. The summed E-state index contributed by atoms with van der Waals surface area (Å²) < 4.78 is 29.7. The molecule has 0 bridgehead atoms. The lowest BCUT2D eigenvalue weighted by Gasteiger charge is -2.10. The van der Waals surface area contributed by atoms with Gasteiger partial charge in [-0.25, -0.2) is 8.42 Å². The van der Waals surface area contributed by atoms with Crippen molar-refractivity contribution in [3.05, 3.63) is 53.5 Å². The summed E-state index contributed by atoms with van der Waals surface area (Å²) in [4.78, 5) is 0.288. The summed E-state index contributed by atoms with van der Waals surface area (Å²) in [5.41, 5.74) is 3.30. The summed E-state index contributed by atoms with van der Waals surface area (Å²) in [5, 5.41) is 8.02. The van der Waals surface area contributed by atoms with E-state index in [4.69, 9.17) is 0 Å². The number of benzene rings is 1. The van der Waals surface area contributed by atoms with Crippen LogP contribution >= 0.6 is 0 Å². The Hall–Kier alpha value is -2.41. The van der Waals surface area contributed by atoms with E-state index >= 15 is 0 Å². The number of nitrogens with zero attached hydrogens (tertiary/aromatic N) is 3. The average Bonchev–Trinajstić information content (AvgIpc) is 3.14. The fraction of sp³-hybridized carbons (Fsp3) is 0.250. The Balaban J connectivity index is 1.74. The van der Waals surface area contributed by atoms with Crippen LogP contribution < -0.4 is 4.72 Å². The van der Waals surface area contributed by atoms with E-state index in [9.17, 15) is 8.42 Å². The summed E-state index contributed by atoms with van der Waals surface area (Å²) in [7, 11) is -3.65. The molecule has 0 saturated heterocycles. The maximum absolute atomic E-state index is 12.7. The van der Waals surface area contributed by atoms with Crippen LogP contribution in [-0.2, 0) is 22.9 Å². The van der Waals surface area contributed by atoms with Crippen LogP contribution in [0.2, 0.25) is 0 Å². The summed E-state index contributed by atoms with van der Waals surface area (Å²) in [6.45, 7) is 1.82. The number of anilines is 1. The van der Waals surface area contributed by atoms with E-state index in [-0.39, 0.29) is 4.90 Å². The lowest BCUT2D eigenvalue weighted by atomic mass is 10.1. The standard InChI is InChI=1S/C16H16N4O2S/c1-11-17-18-16-15(6-3-9-20(11)16)19-23(21,22)14-8-7-12-4-2-5-13(12)10-14/h3,6-10,19H,2,4-5H2,1H3. The van der Waals surface area contributed by atoms with E-state index in [1.807, 2.05) is 13.0 Å². The lowest BCUT2D eigenvalue weighted by Crippen LogP contribution is -2.14. The number of nitrogens with one attached hydrogen (secondary N) is 1.